The third-order valence-corrected chi connectivity index (χ3v) is 5.38. The van der Waals surface area contributed by atoms with E-state index in [1.165, 1.54) is 16.5 Å². The molecule has 0 bridgehead atoms. The number of aromatic nitrogens is 1. The third kappa shape index (κ3) is 3.00. The van der Waals surface area contributed by atoms with Gasteiger partial charge in [-0.05, 0) is 42.9 Å². The fraction of sp³-hybridized carbons (Fsp3) is 0.526. The highest BCUT2D eigenvalue weighted by atomic mass is 16.2. The Labute approximate surface area is 137 Å². The van der Waals surface area contributed by atoms with E-state index in [1.807, 2.05) is 6.20 Å². The summed E-state index contributed by atoms with van der Waals surface area (Å²) in [5, 5.41) is 5.02. The number of rotatable bonds is 4. The lowest BCUT2D eigenvalue weighted by molar-refractivity contribution is -0.134. The van der Waals surface area contributed by atoms with Crippen molar-refractivity contribution in [3.05, 3.63) is 36.0 Å². The van der Waals surface area contributed by atoms with Crippen molar-refractivity contribution in [3.8, 4) is 0 Å². The van der Waals surface area contributed by atoms with Crippen molar-refractivity contribution >= 4 is 16.8 Å². The molecule has 1 saturated carbocycles. The molecule has 1 aromatic heterocycles. The Morgan fingerprint density at radius 1 is 1.30 bits per heavy atom. The number of carbonyl (C=O) groups excluding carboxylic acids is 1. The first-order chi connectivity index (χ1) is 11.2. The van der Waals surface area contributed by atoms with Crippen molar-refractivity contribution in [2.75, 3.05) is 13.1 Å². The second kappa shape index (κ2) is 6.00. The summed E-state index contributed by atoms with van der Waals surface area (Å²) in [6, 6.07) is 9.05. The van der Waals surface area contributed by atoms with Crippen molar-refractivity contribution in [1.29, 1.82) is 0 Å². The second-order valence-corrected chi connectivity index (χ2v) is 7.17. The lowest BCUT2D eigenvalue weighted by atomic mass is 9.93. The molecule has 1 aliphatic heterocycles. The van der Waals surface area contributed by atoms with E-state index in [0.29, 0.717) is 23.8 Å². The topological polar surface area (TPSA) is 48.1 Å². The first kappa shape index (κ1) is 14.8. The number of carbonyl (C=O) groups is 1. The van der Waals surface area contributed by atoms with E-state index in [-0.39, 0.29) is 0 Å². The average Bonchev–Trinajstić information content (AvgIpc) is 3.30. The van der Waals surface area contributed by atoms with Gasteiger partial charge in [0.2, 0.25) is 5.91 Å². The molecule has 2 aliphatic rings. The van der Waals surface area contributed by atoms with Gasteiger partial charge < -0.3 is 15.2 Å². The molecule has 1 saturated heterocycles. The molecule has 122 valence electrons. The lowest BCUT2D eigenvalue weighted by Crippen LogP contribution is -2.50. The number of hydrogen-bond acceptors (Lipinski definition) is 2. The first-order valence-corrected chi connectivity index (χ1v) is 8.79. The summed E-state index contributed by atoms with van der Waals surface area (Å²) in [6.45, 7) is 4.97. The van der Waals surface area contributed by atoms with Gasteiger partial charge in [0.05, 0.1) is 0 Å². The molecule has 2 heterocycles. The maximum absolute atomic E-state index is 12.2. The third-order valence-electron chi connectivity index (χ3n) is 5.38. The van der Waals surface area contributed by atoms with Gasteiger partial charge in [-0.2, -0.15) is 0 Å². The van der Waals surface area contributed by atoms with E-state index in [2.05, 4.69) is 46.4 Å². The number of nitrogens with one attached hydrogen (secondary N) is 2. The van der Waals surface area contributed by atoms with Crippen LogP contribution in [0.2, 0.25) is 0 Å². The van der Waals surface area contributed by atoms with Gasteiger partial charge in [0.15, 0.2) is 0 Å². The molecule has 23 heavy (non-hydrogen) atoms. The molecule has 2 fully saturated rings. The van der Waals surface area contributed by atoms with Crippen LogP contribution in [0.4, 0.5) is 0 Å². The van der Waals surface area contributed by atoms with Crippen molar-refractivity contribution in [2.24, 2.45) is 11.8 Å². The summed E-state index contributed by atoms with van der Waals surface area (Å²) in [6.07, 6.45) is 5.26. The van der Waals surface area contributed by atoms with Crippen molar-refractivity contribution in [3.63, 3.8) is 0 Å². The molecule has 4 nitrogen and oxygen atoms in total. The molecule has 0 radical (unpaired) electrons. The van der Waals surface area contributed by atoms with Crippen LogP contribution in [0.3, 0.4) is 0 Å². The van der Waals surface area contributed by atoms with Crippen LogP contribution in [0.15, 0.2) is 30.5 Å². The van der Waals surface area contributed by atoms with Crippen LogP contribution in [0.1, 0.15) is 31.7 Å². The standard InChI is InChI=1S/C19H25N3O/c1-13-12-22(19(23)14-5-6-14)10-8-17(13)21-11-15-3-2-4-18-16(15)7-9-20-18/h2-4,7,9,13-14,17,20-21H,5-6,8,10-12H2,1H3. The number of aromatic amines is 1. The Bertz CT molecular complexity index is 703. The molecule has 2 aromatic rings. The molecule has 2 N–H and O–H groups in total. The number of likely N-dealkylation sites (tertiary alicyclic amines) is 1. The monoisotopic (exact) mass is 311 g/mol. The number of piperidine rings is 1. The summed E-state index contributed by atoms with van der Waals surface area (Å²) in [5.74, 6) is 1.25. The Morgan fingerprint density at radius 2 is 2.17 bits per heavy atom. The van der Waals surface area contributed by atoms with Gasteiger partial charge in [-0.15, -0.1) is 0 Å². The normalized spacial score (nSPS) is 25.0. The van der Waals surface area contributed by atoms with E-state index in [0.717, 1.165) is 38.9 Å². The number of benzene rings is 1. The summed E-state index contributed by atoms with van der Waals surface area (Å²) >= 11 is 0. The van der Waals surface area contributed by atoms with Crippen LogP contribution in [0.5, 0.6) is 0 Å². The second-order valence-electron chi connectivity index (χ2n) is 7.17. The van der Waals surface area contributed by atoms with Crippen LogP contribution >= 0.6 is 0 Å². The molecule has 4 rings (SSSR count). The molecule has 1 aliphatic carbocycles. The van der Waals surface area contributed by atoms with Crippen molar-refractivity contribution in [2.45, 2.75) is 38.8 Å². The van der Waals surface area contributed by atoms with Crippen LogP contribution < -0.4 is 5.32 Å². The zero-order chi connectivity index (χ0) is 15.8. The van der Waals surface area contributed by atoms with Crippen molar-refractivity contribution < 1.29 is 4.79 Å². The van der Waals surface area contributed by atoms with Gasteiger partial charge in [-0.25, -0.2) is 0 Å². The molecular weight excluding hydrogens is 286 g/mol. The Kier molecular flexibility index (Phi) is 3.85. The van der Waals surface area contributed by atoms with Crippen LogP contribution in [-0.4, -0.2) is 34.9 Å². The number of nitrogens with zero attached hydrogens (tertiary/aromatic N) is 1. The van der Waals surface area contributed by atoms with Crippen LogP contribution in [0, 0.1) is 11.8 Å². The number of fused-ring (bicyclic) bond motifs is 1. The van der Waals surface area contributed by atoms with Gasteiger partial charge in [0.1, 0.15) is 0 Å². The number of amides is 1. The summed E-state index contributed by atoms with van der Waals surface area (Å²) in [7, 11) is 0. The predicted molar refractivity (Wildman–Crippen MR) is 92.0 cm³/mol. The molecule has 0 spiro atoms. The molecular formula is C19H25N3O. The van der Waals surface area contributed by atoms with Gasteiger partial charge >= 0.3 is 0 Å². The highest BCUT2D eigenvalue weighted by Gasteiger charge is 2.36. The molecule has 4 heteroatoms. The Morgan fingerprint density at radius 3 is 2.96 bits per heavy atom. The highest BCUT2D eigenvalue weighted by molar-refractivity contribution is 5.83. The fourth-order valence-corrected chi connectivity index (χ4v) is 3.78. The average molecular weight is 311 g/mol. The van der Waals surface area contributed by atoms with Gasteiger partial charge in [-0.1, -0.05) is 19.1 Å². The molecule has 2 unspecified atom stereocenters. The smallest absolute Gasteiger partial charge is 0.225 e. The maximum Gasteiger partial charge on any atom is 0.225 e. The Balaban J connectivity index is 1.36. The summed E-state index contributed by atoms with van der Waals surface area (Å²) < 4.78 is 0. The zero-order valence-electron chi connectivity index (χ0n) is 13.7. The van der Waals surface area contributed by atoms with E-state index in [9.17, 15) is 4.79 Å². The van der Waals surface area contributed by atoms with Crippen molar-refractivity contribution in [1.82, 2.24) is 15.2 Å². The predicted octanol–water partition coefficient (Wildman–Crippen LogP) is 2.90. The van der Waals surface area contributed by atoms with Gasteiger partial charge in [0.25, 0.3) is 0 Å². The number of H-pyrrole nitrogens is 1. The maximum atomic E-state index is 12.2. The van der Waals surface area contributed by atoms with Gasteiger partial charge in [0, 0.05) is 48.7 Å². The molecule has 2 atom stereocenters. The van der Waals surface area contributed by atoms with Crippen LogP contribution in [0.25, 0.3) is 10.9 Å². The molecule has 1 amide bonds. The minimum atomic E-state index is 0.345. The summed E-state index contributed by atoms with van der Waals surface area (Å²) in [5.41, 5.74) is 2.54. The minimum absolute atomic E-state index is 0.345. The highest BCUT2D eigenvalue weighted by Crippen LogP contribution is 2.32. The summed E-state index contributed by atoms with van der Waals surface area (Å²) in [4.78, 5) is 17.6. The fourth-order valence-electron chi connectivity index (χ4n) is 3.78. The van der Waals surface area contributed by atoms with E-state index in [1.54, 1.807) is 0 Å². The van der Waals surface area contributed by atoms with Gasteiger partial charge in [-0.3, -0.25) is 4.79 Å². The molecule has 1 aromatic carbocycles. The Hall–Kier alpha value is -1.81. The van der Waals surface area contributed by atoms with E-state index < -0.39 is 0 Å². The van der Waals surface area contributed by atoms with E-state index in [4.69, 9.17) is 0 Å². The largest absolute Gasteiger partial charge is 0.361 e. The lowest BCUT2D eigenvalue weighted by Gasteiger charge is -2.37. The number of hydrogen-bond donors (Lipinski definition) is 2. The minimum Gasteiger partial charge on any atom is -0.361 e. The first-order valence-electron chi connectivity index (χ1n) is 8.79. The quantitative estimate of drug-likeness (QED) is 0.912. The zero-order valence-corrected chi connectivity index (χ0v) is 13.7. The SMILES string of the molecule is CC1CN(C(=O)C2CC2)CCC1NCc1cccc2[nH]ccc12. The van der Waals surface area contributed by atoms with E-state index >= 15 is 0 Å². The van der Waals surface area contributed by atoms with Crippen LogP contribution in [-0.2, 0) is 11.3 Å².